The maximum atomic E-state index is 13.3. The van der Waals surface area contributed by atoms with E-state index in [-0.39, 0.29) is 5.91 Å². The molecule has 2 fully saturated rings. The van der Waals surface area contributed by atoms with E-state index in [1.54, 1.807) is 12.3 Å². The fraction of sp³-hybridized carbons (Fsp3) is 0.364. The van der Waals surface area contributed by atoms with Crippen LogP contribution in [-0.2, 0) is 10.2 Å². The Kier molecular flexibility index (Phi) is 4.39. The van der Waals surface area contributed by atoms with Crippen LogP contribution in [0.3, 0.4) is 0 Å². The minimum absolute atomic E-state index is 0.152. The van der Waals surface area contributed by atoms with Crippen molar-refractivity contribution in [3.63, 3.8) is 0 Å². The average Bonchev–Trinajstić information content (AvgIpc) is 3.14. The van der Waals surface area contributed by atoms with Crippen LogP contribution in [0.1, 0.15) is 24.1 Å². The van der Waals surface area contributed by atoms with Gasteiger partial charge in [-0.05, 0) is 49.6 Å². The first-order valence-electron chi connectivity index (χ1n) is 9.88. The van der Waals surface area contributed by atoms with Crippen molar-refractivity contribution in [2.75, 3.05) is 31.1 Å². The Hall–Kier alpha value is -2.73. The lowest BCUT2D eigenvalue weighted by Gasteiger charge is -2.38. The van der Waals surface area contributed by atoms with E-state index >= 15 is 0 Å². The van der Waals surface area contributed by atoms with Gasteiger partial charge in [-0.3, -0.25) is 4.79 Å². The summed E-state index contributed by atoms with van der Waals surface area (Å²) in [6.07, 6.45) is 3.21. The number of hydrogen-bond acceptors (Lipinski definition) is 5. The summed E-state index contributed by atoms with van der Waals surface area (Å²) in [6.45, 7) is 5.05. The molecule has 3 heterocycles. The second kappa shape index (κ2) is 6.95. The Morgan fingerprint density at radius 3 is 2.59 bits per heavy atom. The van der Waals surface area contributed by atoms with Crippen LogP contribution in [0.25, 0.3) is 11.5 Å². The summed E-state index contributed by atoms with van der Waals surface area (Å²) in [6, 6.07) is 11.4. The molecule has 0 radical (unpaired) electrons. The fourth-order valence-electron chi connectivity index (χ4n) is 4.12. The molecule has 0 bridgehead atoms. The van der Waals surface area contributed by atoms with Crippen LogP contribution in [0.5, 0.6) is 0 Å². The normalized spacial score (nSPS) is 18.1. The lowest BCUT2D eigenvalue weighted by atomic mass is 9.99. The highest BCUT2D eigenvalue weighted by Gasteiger charge is 2.55. The Morgan fingerprint density at radius 2 is 1.90 bits per heavy atom. The molecule has 1 aliphatic carbocycles. The molecular formula is C22H22ClN3O3. The van der Waals surface area contributed by atoms with Gasteiger partial charge >= 0.3 is 0 Å². The molecule has 1 aromatic carbocycles. The molecule has 0 atom stereocenters. The summed E-state index contributed by atoms with van der Waals surface area (Å²) in [4.78, 5) is 17.6. The number of aryl methyl sites for hydroxylation is 1. The lowest BCUT2D eigenvalue weighted by Crippen LogP contribution is -2.51. The molecule has 29 heavy (non-hydrogen) atoms. The summed E-state index contributed by atoms with van der Waals surface area (Å²) in [5, 5.41) is 4.93. The van der Waals surface area contributed by atoms with E-state index in [0.29, 0.717) is 30.3 Å². The number of anilines is 1. The number of aromatic nitrogens is 1. The summed E-state index contributed by atoms with van der Waals surface area (Å²) in [7, 11) is 0. The zero-order valence-corrected chi connectivity index (χ0v) is 17.0. The van der Waals surface area contributed by atoms with Gasteiger partial charge in [0.05, 0.1) is 17.4 Å². The molecule has 7 heteroatoms. The van der Waals surface area contributed by atoms with E-state index in [1.165, 1.54) is 5.56 Å². The van der Waals surface area contributed by atoms with Crippen molar-refractivity contribution in [1.29, 1.82) is 0 Å². The van der Waals surface area contributed by atoms with Crippen molar-refractivity contribution >= 4 is 23.2 Å². The number of furan rings is 1. The number of hydrogen-bond donors (Lipinski definition) is 0. The number of rotatable bonds is 4. The molecule has 0 N–H and O–H groups in total. The minimum atomic E-state index is -0.539. The number of carbonyl (C=O) groups is 1. The van der Waals surface area contributed by atoms with E-state index in [9.17, 15) is 4.79 Å². The highest BCUT2D eigenvalue weighted by atomic mass is 35.5. The van der Waals surface area contributed by atoms with Gasteiger partial charge in [0.1, 0.15) is 0 Å². The molecule has 0 unspecified atom stereocenters. The van der Waals surface area contributed by atoms with Gasteiger partial charge in [0.2, 0.25) is 11.7 Å². The van der Waals surface area contributed by atoms with E-state index in [2.05, 4.69) is 17.0 Å². The maximum absolute atomic E-state index is 13.3. The van der Waals surface area contributed by atoms with Crippen molar-refractivity contribution in [3.8, 4) is 11.5 Å². The van der Waals surface area contributed by atoms with Crippen LogP contribution in [0.4, 0.5) is 5.69 Å². The molecule has 0 spiro atoms. The van der Waals surface area contributed by atoms with Crippen molar-refractivity contribution < 1.29 is 13.7 Å². The molecule has 5 rings (SSSR count). The molecule has 1 aliphatic heterocycles. The van der Waals surface area contributed by atoms with E-state index < -0.39 is 5.41 Å². The summed E-state index contributed by atoms with van der Waals surface area (Å²) >= 11 is 6.18. The first-order chi connectivity index (χ1) is 14.1. The number of piperazine rings is 1. The van der Waals surface area contributed by atoms with Crippen LogP contribution >= 0.6 is 11.6 Å². The molecule has 6 nitrogen and oxygen atoms in total. The van der Waals surface area contributed by atoms with Crippen LogP contribution in [0.15, 0.2) is 51.6 Å². The second-order valence-electron chi connectivity index (χ2n) is 7.85. The SMILES string of the molecule is Cc1ccc(Cl)cc1N1CCN(C(=O)C2(c3cc(-c4ccco4)on3)CC2)CC1. The summed E-state index contributed by atoms with van der Waals surface area (Å²) in [5.74, 6) is 1.34. The van der Waals surface area contributed by atoms with Crippen molar-refractivity contribution in [2.24, 2.45) is 0 Å². The van der Waals surface area contributed by atoms with Gasteiger partial charge < -0.3 is 18.7 Å². The van der Waals surface area contributed by atoms with Crippen molar-refractivity contribution in [2.45, 2.75) is 25.2 Å². The quantitative estimate of drug-likeness (QED) is 0.641. The monoisotopic (exact) mass is 411 g/mol. The smallest absolute Gasteiger partial charge is 0.235 e. The first-order valence-corrected chi connectivity index (χ1v) is 10.3. The minimum Gasteiger partial charge on any atom is -0.461 e. The predicted octanol–water partition coefficient (Wildman–Crippen LogP) is 4.28. The second-order valence-corrected chi connectivity index (χ2v) is 8.28. The fourth-order valence-corrected chi connectivity index (χ4v) is 4.28. The number of benzene rings is 1. The number of amides is 1. The van der Waals surface area contributed by atoms with Gasteiger partial charge in [-0.1, -0.05) is 22.8 Å². The number of nitrogens with zero attached hydrogens (tertiary/aromatic N) is 3. The van der Waals surface area contributed by atoms with Crippen LogP contribution in [-0.4, -0.2) is 42.1 Å². The van der Waals surface area contributed by atoms with E-state index in [1.807, 2.05) is 35.2 Å². The summed E-state index contributed by atoms with van der Waals surface area (Å²) < 4.78 is 10.8. The maximum Gasteiger partial charge on any atom is 0.235 e. The third kappa shape index (κ3) is 3.21. The zero-order chi connectivity index (χ0) is 20.0. The molecule has 3 aromatic rings. The van der Waals surface area contributed by atoms with Gasteiger partial charge in [-0.25, -0.2) is 0 Å². The Morgan fingerprint density at radius 1 is 1.10 bits per heavy atom. The molecular weight excluding hydrogens is 390 g/mol. The molecule has 1 saturated carbocycles. The van der Waals surface area contributed by atoms with Gasteiger partial charge in [0.15, 0.2) is 5.76 Å². The highest BCUT2D eigenvalue weighted by Crippen LogP contribution is 2.50. The average molecular weight is 412 g/mol. The standard InChI is InChI=1S/C22H22ClN3O3/c1-15-4-5-16(23)13-17(15)25-8-10-26(11-9-25)21(27)22(6-7-22)20-14-19(29-24-20)18-3-2-12-28-18/h2-5,12-14H,6-11H2,1H3. The van der Waals surface area contributed by atoms with Gasteiger partial charge in [-0.2, -0.15) is 0 Å². The Bertz CT molecular complexity index is 1030. The largest absolute Gasteiger partial charge is 0.461 e. The number of carbonyl (C=O) groups excluding carboxylic acids is 1. The third-order valence-electron chi connectivity index (χ3n) is 6.00. The number of halogens is 1. The van der Waals surface area contributed by atoms with Crippen LogP contribution < -0.4 is 4.90 Å². The van der Waals surface area contributed by atoms with Gasteiger partial charge in [0, 0.05) is 43.0 Å². The molecule has 150 valence electrons. The van der Waals surface area contributed by atoms with E-state index in [4.69, 9.17) is 20.5 Å². The highest BCUT2D eigenvalue weighted by molar-refractivity contribution is 6.30. The zero-order valence-electron chi connectivity index (χ0n) is 16.2. The lowest BCUT2D eigenvalue weighted by molar-refractivity contribution is -0.134. The molecule has 1 saturated heterocycles. The third-order valence-corrected chi connectivity index (χ3v) is 6.24. The van der Waals surface area contributed by atoms with Crippen molar-refractivity contribution in [1.82, 2.24) is 10.1 Å². The molecule has 2 aromatic heterocycles. The Labute approximate surface area is 174 Å². The van der Waals surface area contributed by atoms with Crippen molar-refractivity contribution in [3.05, 3.63) is 58.9 Å². The van der Waals surface area contributed by atoms with E-state index in [0.717, 1.165) is 36.6 Å². The summed E-state index contributed by atoms with van der Waals surface area (Å²) in [5.41, 5.74) is 2.51. The van der Waals surface area contributed by atoms with Crippen LogP contribution in [0, 0.1) is 6.92 Å². The van der Waals surface area contributed by atoms with Crippen LogP contribution in [0.2, 0.25) is 5.02 Å². The first kappa shape index (κ1) is 18.3. The van der Waals surface area contributed by atoms with Gasteiger partial charge in [-0.15, -0.1) is 0 Å². The predicted molar refractivity (Wildman–Crippen MR) is 110 cm³/mol. The topological polar surface area (TPSA) is 62.7 Å². The Balaban J connectivity index is 1.29. The van der Waals surface area contributed by atoms with Gasteiger partial charge in [0.25, 0.3) is 0 Å². The molecule has 2 aliphatic rings. The molecule has 1 amide bonds.